The van der Waals surface area contributed by atoms with Crippen molar-refractivity contribution < 1.29 is 29.3 Å². The van der Waals surface area contributed by atoms with Gasteiger partial charge in [0.05, 0.1) is 24.2 Å². The predicted molar refractivity (Wildman–Crippen MR) is 94.0 cm³/mol. The molecule has 0 aliphatic carbocycles. The maximum absolute atomic E-state index is 11.8. The van der Waals surface area contributed by atoms with Crippen LogP contribution in [0, 0.1) is 0 Å². The van der Waals surface area contributed by atoms with Crippen LogP contribution in [0.3, 0.4) is 0 Å². The maximum atomic E-state index is 11.8. The molecule has 3 N–H and O–H groups in total. The van der Waals surface area contributed by atoms with Gasteiger partial charge in [0, 0.05) is 17.5 Å². The van der Waals surface area contributed by atoms with Gasteiger partial charge in [0.1, 0.15) is 0 Å². The van der Waals surface area contributed by atoms with Gasteiger partial charge in [0.25, 0.3) is 0 Å². The topological polar surface area (TPSA) is 113 Å². The number of carbonyl (C=O) groups is 3. The van der Waals surface area contributed by atoms with Crippen LogP contribution >= 0.6 is 0 Å². The number of rotatable bonds is 5. The number of hydrogen-bond acceptors (Lipinski definition) is 5. The molecule has 0 aromatic heterocycles. The van der Waals surface area contributed by atoms with Crippen LogP contribution in [-0.2, 0) is 19.1 Å². The lowest BCUT2D eigenvalue weighted by molar-refractivity contribution is -0.135. The number of carbonyl (C=O) groups excluding carboxylic acids is 1. The van der Waals surface area contributed by atoms with E-state index in [1.165, 1.54) is 19.3 Å². The Hall–Kier alpha value is -3.35. The number of carboxylic acids is 2. The van der Waals surface area contributed by atoms with Crippen molar-refractivity contribution in [3.63, 3.8) is 0 Å². The standard InChI is InChI=1S/C19H19NO6/c1-10-15(18(22)23)17(16(19(24)25)11(2)20-10)13-7-5-4-6-12(13)8-9-14(21)26-3/h4-9,17,20H,1-3H3,(H,22,23)(H,24,25). The van der Waals surface area contributed by atoms with Crippen molar-refractivity contribution in [1.82, 2.24) is 5.32 Å². The first kappa shape index (κ1) is 19.0. The molecule has 0 atom stereocenters. The molecule has 26 heavy (non-hydrogen) atoms. The largest absolute Gasteiger partial charge is 0.478 e. The Balaban J connectivity index is 2.71. The summed E-state index contributed by atoms with van der Waals surface area (Å²) in [5.74, 6) is -3.97. The minimum absolute atomic E-state index is 0.0491. The Labute approximate surface area is 150 Å². The number of nitrogens with one attached hydrogen (secondary N) is 1. The summed E-state index contributed by atoms with van der Waals surface area (Å²) in [5, 5.41) is 22.2. The first-order chi connectivity index (χ1) is 12.3. The third-order valence-electron chi connectivity index (χ3n) is 4.13. The number of hydrogen-bond donors (Lipinski definition) is 3. The van der Waals surface area contributed by atoms with Crippen LogP contribution in [0.4, 0.5) is 0 Å². The number of ether oxygens (including phenoxy) is 1. The molecule has 0 unspecified atom stereocenters. The van der Waals surface area contributed by atoms with Crippen molar-refractivity contribution in [2.75, 3.05) is 7.11 Å². The minimum atomic E-state index is -1.21. The molecule has 0 saturated carbocycles. The second kappa shape index (κ2) is 7.69. The van der Waals surface area contributed by atoms with Crippen molar-refractivity contribution in [1.29, 1.82) is 0 Å². The fraction of sp³-hybridized carbons (Fsp3) is 0.211. The van der Waals surface area contributed by atoms with Gasteiger partial charge >= 0.3 is 17.9 Å². The van der Waals surface area contributed by atoms with Crippen molar-refractivity contribution in [2.24, 2.45) is 0 Å². The summed E-state index contributed by atoms with van der Waals surface area (Å²) in [4.78, 5) is 35.1. The lowest BCUT2D eigenvalue weighted by atomic mass is 9.78. The number of methoxy groups -OCH3 is 1. The molecule has 1 aromatic carbocycles. The summed E-state index contributed by atoms with van der Waals surface area (Å²) < 4.78 is 4.57. The monoisotopic (exact) mass is 357 g/mol. The Morgan fingerprint density at radius 2 is 1.58 bits per heavy atom. The van der Waals surface area contributed by atoms with Crippen molar-refractivity contribution in [3.05, 3.63) is 64.0 Å². The van der Waals surface area contributed by atoms with Crippen LogP contribution in [0.15, 0.2) is 52.9 Å². The third-order valence-corrected chi connectivity index (χ3v) is 4.13. The van der Waals surface area contributed by atoms with Crippen LogP contribution in [-0.4, -0.2) is 35.2 Å². The molecule has 0 fully saturated rings. The smallest absolute Gasteiger partial charge is 0.334 e. The molecule has 1 aromatic rings. The molecular weight excluding hydrogens is 338 g/mol. The average molecular weight is 357 g/mol. The normalized spacial score (nSPS) is 15.2. The highest BCUT2D eigenvalue weighted by Crippen LogP contribution is 2.39. The van der Waals surface area contributed by atoms with E-state index in [1.807, 2.05) is 0 Å². The summed E-state index contributed by atoms with van der Waals surface area (Å²) in [6.45, 7) is 3.18. The zero-order chi connectivity index (χ0) is 19.4. The van der Waals surface area contributed by atoms with Crippen molar-refractivity contribution >= 4 is 24.0 Å². The number of dihydropyridines is 1. The number of carboxylic acid groups (broad SMARTS) is 2. The van der Waals surface area contributed by atoms with Crippen LogP contribution < -0.4 is 5.32 Å². The van der Waals surface area contributed by atoms with E-state index in [1.54, 1.807) is 38.1 Å². The van der Waals surface area contributed by atoms with Gasteiger partial charge in [-0.05, 0) is 31.1 Å². The lowest BCUT2D eigenvalue weighted by Gasteiger charge is -2.29. The second-order valence-corrected chi connectivity index (χ2v) is 5.73. The molecule has 7 heteroatoms. The molecule has 7 nitrogen and oxygen atoms in total. The fourth-order valence-electron chi connectivity index (χ4n) is 3.02. The molecule has 1 aliphatic heterocycles. The van der Waals surface area contributed by atoms with Crippen molar-refractivity contribution in [3.8, 4) is 0 Å². The Bertz CT molecular complexity index is 827. The SMILES string of the molecule is COC(=O)C=Cc1ccccc1C1C(C(=O)O)=C(C)NC(C)=C1C(=O)O. The van der Waals surface area contributed by atoms with Crippen LogP contribution in [0.25, 0.3) is 6.08 Å². The van der Waals surface area contributed by atoms with Crippen LogP contribution in [0.1, 0.15) is 30.9 Å². The highest BCUT2D eigenvalue weighted by molar-refractivity contribution is 5.99. The van der Waals surface area contributed by atoms with E-state index in [0.717, 1.165) is 0 Å². The van der Waals surface area contributed by atoms with Gasteiger partial charge in [-0.3, -0.25) is 0 Å². The molecule has 1 heterocycles. The molecule has 136 valence electrons. The fourth-order valence-corrected chi connectivity index (χ4v) is 3.02. The molecular formula is C19H19NO6. The van der Waals surface area contributed by atoms with Crippen molar-refractivity contribution in [2.45, 2.75) is 19.8 Å². The van der Waals surface area contributed by atoms with Gasteiger partial charge in [-0.25, -0.2) is 14.4 Å². The van der Waals surface area contributed by atoms with E-state index in [0.29, 0.717) is 22.5 Å². The second-order valence-electron chi connectivity index (χ2n) is 5.73. The zero-order valence-corrected chi connectivity index (χ0v) is 14.6. The third kappa shape index (κ3) is 3.66. The van der Waals surface area contributed by atoms with E-state index < -0.39 is 23.8 Å². The molecule has 0 spiro atoms. The number of allylic oxidation sites excluding steroid dienone is 2. The predicted octanol–water partition coefficient (Wildman–Crippen LogP) is 2.28. The first-order valence-corrected chi connectivity index (χ1v) is 7.78. The van der Waals surface area contributed by atoms with Crippen LogP contribution in [0.2, 0.25) is 0 Å². The minimum Gasteiger partial charge on any atom is -0.478 e. The maximum Gasteiger partial charge on any atom is 0.334 e. The van der Waals surface area contributed by atoms with Gasteiger partial charge in [-0.1, -0.05) is 24.3 Å². The first-order valence-electron chi connectivity index (χ1n) is 7.78. The number of benzene rings is 1. The summed E-state index contributed by atoms with van der Waals surface area (Å²) in [7, 11) is 1.24. The molecule has 0 amide bonds. The Morgan fingerprint density at radius 3 is 2.08 bits per heavy atom. The summed E-state index contributed by atoms with van der Waals surface area (Å²) in [6.07, 6.45) is 2.68. The summed E-state index contributed by atoms with van der Waals surface area (Å²) >= 11 is 0. The van der Waals surface area contributed by atoms with E-state index in [4.69, 9.17) is 0 Å². The summed E-state index contributed by atoms with van der Waals surface area (Å²) in [6, 6.07) is 6.74. The summed E-state index contributed by atoms with van der Waals surface area (Å²) in [5.41, 5.74) is 1.65. The lowest BCUT2D eigenvalue weighted by Crippen LogP contribution is -2.31. The quantitative estimate of drug-likeness (QED) is 0.547. The van der Waals surface area contributed by atoms with Gasteiger partial charge in [0.2, 0.25) is 0 Å². The van der Waals surface area contributed by atoms with E-state index >= 15 is 0 Å². The molecule has 0 radical (unpaired) electrons. The average Bonchev–Trinajstić information content (AvgIpc) is 2.58. The zero-order valence-electron chi connectivity index (χ0n) is 14.6. The molecule has 0 saturated heterocycles. The molecule has 1 aliphatic rings. The molecule has 2 rings (SSSR count). The number of aliphatic carboxylic acids is 2. The van der Waals surface area contributed by atoms with Gasteiger partial charge in [-0.2, -0.15) is 0 Å². The highest BCUT2D eigenvalue weighted by atomic mass is 16.5. The Kier molecular flexibility index (Phi) is 5.61. The van der Waals surface area contributed by atoms with Gasteiger partial charge in [0.15, 0.2) is 0 Å². The molecule has 0 bridgehead atoms. The van der Waals surface area contributed by atoms with E-state index in [-0.39, 0.29) is 11.1 Å². The van der Waals surface area contributed by atoms with Crippen LogP contribution in [0.5, 0.6) is 0 Å². The van der Waals surface area contributed by atoms with E-state index in [2.05, 4.69) is 10.1 Å². The number of esters is 1. The van der Waals surface area contributed by atoms with Gasteiger partial charge in [-0.15, -0.1) is 0 Å². The highest BCUT2D eigenvalue weighted by Gasteiger charge is 2.37. The van der Waals surface area contributed by atoms with E-state index in [9.17, 15) is 24.6 Å². The Morgan fingerprint density at radius 1 is 1.04 bits per heavy atom. The van der Waals surface area contributed by atoms with Gasteiger partial charge < -0.3 is 20.3 Å².